The summed E-state index contributed by atoms with van der Waals surface area (Å²) >= 11 is 7.74. The molecule has 0 saturated heterocycles. The van der Waals surface area contributed by atoms with Gasteiger partial charge in [0.1, 0.15) is 11.5 Å². The fraction of sp³-hybridized carbons (Fsp3) is 0.292. The maximum Gasteiger partial charge on any atom is 0.279 e. The Labute approximate surface area is 196 Å². The van der Waals surface area contributed by atoms with Crippen molar-refractivity contribution >= 4 is 34.9 Å². The third-order valence-electron chi connectivity index (χ3n) is 4.81. The molecule has 0 radical (unpaired) electrons. The van der Waals surface area contributed by atoms with Gasteiger partial charge in [-0.1, -0.05) is 35.1 Å². The van der Waals surface area contributed by atoms with Gasteiger partial charge in [-0.15, -0.1) is 0 Å². The van der Waals surface area contributed by atoms with Crippen LogP contribution in [0.5, 0.6) is 16.7 Å². The average Bonchev–Trinajstić information content (AvgIpc) is 3.50. The Hall–Kier alpha value is -2.90. The van der Waals surface area contributed by atoms with Gasteiger partial charge in [-0.2, -0.15) is 0 Å². The SMILES string of the molecule is C[C@@H](/C=C/c1cnc(Oc2ccc(OCC3CC3)cc2Cl)s1)NC(=O)Cc1cccnc1. The summed E-state index contributed by atoms with van der Waals surface area (Å²) in [6, 6.07) is 8.99. The molecule has 1 atom stereocenters. The van der Waals surface area contributed by atoms with Crippen molar-refractivity contribution in [2.75, 3.05) is 6.61 Å². The number of pyridine rings is 1. The molecule has 1 aromatic carbocycles. The summed E-state index contributed by atoms with van der Waals surface area (Å²) in [6.07, 6.45) is 11.7. The van der Waals surface area contributed by atoms with E-state index in [1.807, 2.05) is 37.3 Å². The lowest BCUT2D eigenvalue weighted by molar-refractivity contribution is -0.120. The zero-order valence-electron chi connectivity index (χ0n) is 17.7. The monoisotopic (exact) mass is 469 g/mol. The number of hydrogen-bond donors (Lipinski definition) is 1. The van der Waals surface area contributed by atoms with E-state index in [0.29, 0.717) is 28.3 Å². The number of nitrogens with zero attached hydrogens (tertiary/aromatic N) is 2. The summed E-state index contributed by atoms with van der Waals surface area (Å²) < 4.78 is 11.6. The first-order valence-electron chi connectivity index (χ1n) is 10.5. The first-order chi connectivity index (χ1) is 15.5. The van der Waals surface area contributed by atoms with Crippen LogP contribution in [0.3, 0.4) is 0 Å². The molecule has 1 aliphatic carbocycles. The maximum absolute atomic E-state index is 12.2. The van der Waals surface area contributed by atoms with Crippen molar-refractivity contribution in [3.8, 4) is 16.7 Å². The van der Waals surface area contributed by atoms with Crippen molar-refractivity contribution < 1.29 is 14.3 Å². The van der Waals surface area contributed by atoms with Gasteiger partial charge in [0.2, 0.25) is 5.91 Å². The Morgan fingerprint density at radius 2 is 2.22 bits per heavy atom. The van der Waals surface area contributed by atoms with Crippen LogP contribution in [0.2, 0.25) is 5.02 Å². The minimum atomic E-state index is -0.122. The smallest absolute Gasteiger partial charge is 0.279 e. The third-order valence-corrected chi connectivity index (χ3v) is 5.95. The highest BCUT2D eigenvalue weighted by Gasteiger charge is 2.22. The number of hydrogen-bond acceptors (Lipinski definition) is 6. The number of nitrogens with one attached hydrogen (secondary N) is 1. The van der Waals surface area contributed by atoms with Crippen LogP contribution in [0.1, 0.15) is 30.2 Å². The molecule has 1 aliphatic rings. The third kappa shape index (κ3) is 6.80. The predicted octanol–water partition coefficient (Wildman–Crippen LogP) is 5.53. The van der Waals surface area contributed by atoms with Crippen molar-refractivity contribution in [3.63, 3.8) is 0 Å². The number of amides is 1. The second-order valence-electron chi connectivity index (χ2n) is 7.73. The normalized spacial score (nSPS) is 14.3. The highest BCUT2D eigenvalue weighted by molar-refractivity contribution is 7.14. The molecular weight excluding hydrogens is 446 g/mol. The van der Waals surface area contributed by atoms with Crippen molar-refractivity contribution in [3.05, 3.63) is 70.5 Å². The van der Waals surface area contributed by atoms with Crippen LogP contribution in [0.4, 0.5) is 0 Å². The van der Waals surface area contributed by atoms with Crippen LogP contribution in [0.15, 0.2) is 55.0 Å². The highest BCUT2D eigenvalue weighted by atomic mass is 35.5. The van der Waals surface area contributed by atoms with Gasteiger partial charge in [-0.25, -0.2) is 4.98 Å². The lowest BCUT2D eigenvalue weighted by Crippen LogP contribution is -2.32. The number of thiazole rings is 1. The molecule has 1 amide bonds. The molecule has 32 heavy (non-hydrogen) atoms. The van der Waals surface area contributed by atoms with Crippen LogP contribution < -0.4 is 14.8 Å². The fourth-order valence-electron chi connectivity index (χ4n) is 2.92. The Morgan fingerprint density at radius 1 is 1.34 bits per heavy atom. The number of benzene rings is 1. The summed E-state index contributed by atoms with van der Waals surface area (Å²) in [6.45, 7) is 2.66. The number of halogens is 1. The Balaban J connectivity index is 1.27. The largest absolute Gasteiger partial charge is 0.493 e. The summed E-state index contributed by atoms with van der Waals surface area (Å²) in [4.78, 5) is 21.4. The standard InChI is InChI=1S/C24H24ClN3O3S/c1-16(28-23(29)11-18-3-2-10-26-13-18)4-8-20-14-27-24(32-20)31-22-9-7-19(12-21(22)25)30-15-17-5-6-17/h2-4,7-10,12-14,16-17H,5-6,11,15H2,1H3,(H,28,29)/b8-4+/t16-/m0/s1. The van der Waals surface area contributed by atoms with Gasteiger partial charge in [-0.05, 0) is 55.5 Å². The Morgan fingerprint density at radius 3 is 2.97 bits per heavy atom. The Bertz CT molecular complexity index is 1080. The number of aromatic nitrogens is 2. The van der Waals surface area contributed by atoms with Crippen LogP contribution in [-0.4, -0.2) is 28.5 Å². The van der Waals surface area contributed by atoms with Gasteiger partial charge in [0.05, 0.1) is 22.9 Å². The molecule has 0 aliphatic heterocycles. The number of rotatable bonds is 10. The van der Waals surface area contributed by atoms with E-state index in [1.54, 1.807) is 30.7 Å². The van der Waals surface area contributed by atoms with E-state index in [4.69, 9.17) is 21.1 Å². The van der Waals surface area contributed by atoms with Gasteiger partial charge < -0.3 is 14.8 Å². The van der Waals surface area contributed by atoms with E-state index in [2.05, 4.69) is 15.3 Å². The van der Waals surface area contributed by atoms with Crippen LogP contribution in [-0.2, 0) is 11.2 Å². The molecule has 2 aromatic heterocycles. The van der Waals surface area contributed by atoms with Crippen molar-refractivity contribution in [2.24, 2.45) is 5.92 Å². The fourth-order valence-corrected chi connectivity index (χ4v) is 3.82. The molecule has 1 N–H and O–H groups in total. The number of ether oxygens (including phenoxy) is 2. The molecule has 0 unspecified atom stereocenters. The molecule has 4 rings (SSSR count). The molecule has 1 fully saturated rings. The topological polar surface area (TPSA) is 73.3 Å². The number of carbonyl (C=O) groups excluding carboxylic acids is 1. The zero-order valence-corrected chi connectivity index (χ0v) is 19.2. The zero-order chi connectivity index (χ0) is 22.3. The summed E-state index contributed by atoms with van der Waals surface area (Å²) in [5.41, 5.74) is 0.881. The van der Waals surface area contributed by atoms with Gasteiger partial charge in [0.15, 0.2) is 0 Å². The van der Waals surface area contributed by atoms with Crippen LogP contribution in [0.25, 0.3) is 6.08 Å². The molecular formula is C24H24ClN3O3S. The molecule has 0 bridgehead atoms. The van der Waals surface area contributed by atoms with E-state index < -0.39 is 0 Å². The molecule has 1 saturated carbocycles. The molecule has 3 aromatic rings. The van der Waals surface area contributed by atoms with Crippen molar-refractivity contribution in [1.29, 1.82) is 0 Å². The lowest BCUT2D eigenvalue weighted by atomic mass is 10.2. The quantitative estimate of drug-likeness (QED) is 0.422. The molecule has 0 spiro atoms. The first kappa shape index (κ1) is 22.3. The van der Waals surface area contributed by atoms with Gasteiger partial charge in [0, 0.05) is 30.7 Å². The second kappa shape index (κ2) is 10.6. The lowest BCUT2D eigenvalue weighted by Gasteiger charge is -2.09. The number of carbonyl (C=O) groups is 1. The first-order valence-corrected chi connectivity index (χ1v) is 11.7. The van der Waals surface area contributed by atoms with E-state index >= 15 is 0 Å². The van der Waals surface area contributed by atoms with E-state index in [-0.39, 0.29) is 11.9 Å². The van der Waals surface area contributed by atoms with Crippen molar-refractivity contribution in [1.82, 2.24) is 15.3 Å². The molecule has 2 heterocycles. The summed E-state index contributed by atoms with van der Waals surface area (Å²) in [5.74, 6) is 1.91. The molecule has 8 heteroatoms. The van der Waals surface area contributed by atoms with Gasteiger partial charge >= 0.3 is 0 Å². The van der Waals surface area contributed by atoms with E-state index in [9.17, 15) is 4.79 Å². The van der Waals surface area contributed by atoms with E-state index in [1.165, 1.54) is 24.2 Å². The highest BCUT2D eigenvalue weighted by Crippen LogP contribution is 2.35. The Kier molecular flexibility index (Phi) is 7.39. The summed E-state index contributed by atoms with van der Waals surface area (Å²) in [7, 11) is 0. The average molecular weight is 470 g/mol. The van der Waals surface area contributed by atoms with Crippen molar-refractivity contribution in [2.45, 2.75) is 32.2 Å². The molecule has 6 nitrogen and oxygen atoms in total. The van der Waals surface area contributed by atoms with Gasteiger partial charge in [-0.3, -0.25) is 9.78 Å². The van der Waals surface area contributed by atoms with E-state index in [0.717, 1.165) is 22.8 Å². The second-order valence-corrected chi connectivity index (χ2v) is 9.16. The van der Waals surface area contributed by atoms with Crippen LogP contribution >= 0.6 is 22.9 Å². The minimum absolute atomic E-state index is 0.0531. The minimum Gasteiger partial charge on any atom is -0.493 e. The van der Waals surface area contributed by atoms with Crippen LogP contribution in [0, 0.1) is 5.92 Å². The predicted molar refractivity (Wildman–Crippen MR) is 126 cm³/mol. The summed E-state index contributed by atoms with van der Waals surface area (Å²) in [5, 5.41) is 3.92. The molecule has 166 valence electrons. The van der Waals surface area contributed by atoms with Gasteiger partial charge in [0.25, 0.3) is 5.19 Å². The maximum atomic E-state index is 12.2.